The van der Waals surface area contributed by atoms with E-state index in [1.165, 1.54) is 5.37 Å². The Kier molecular flexibility index (Phi) is 2.80. The zero-order valence-corrected chi connectivity index (χ0v) is 8.19. The summed E-state index contributed by atoms with van der Waals surface area (Å²) < 4.78 is 5.45. The first-order chi connectivity index (χ1) is 5.55. The molecule has 0 N–H and O–H groups in total. The van der Waals surface area contributed by atoms with Crippen molar-refractivity contribution < 1.29 is 9.53 Å². The molecule has 1 aliphatic rings. The maximum absolute atomic E-state index is 11.2. The molecular weight excluding hydrogens is 174 g/mol. The van der Waals surface area contributed by atoms with E-state index in [1.807, 2.05) is 13.8 Å². The van der Waals surface area contributed by atoms with Gasteiger partial charge in [0.2, 0.25) is 0 Å². The van der Waals surface area contributed by atoms with E-state index in [4.69, 9.17) is 4.74 Å². The highest BCUT2D eigenvalue weighted by Crippen LogP contribution is 2.15. The smallest absolute Gasteiger partial charge is 0.257 e. The molecule has 1 saturated heterocycles. The van der Waals surface area contributed by atoms with E-state index in [9.17, 15) is 4.79 Å². The lowest BCUT2D eigenvalue weighted by atomic mass is 10.1. The topological polar surface area (TPSA) is 29.5 Å². The van der Waals surface area contributed by atoms with Crippen molar-refractivity contribution >= 4 is 23.5 Å². The van der Waals surface area contributed by atoms with Gasteiger partial charge in [-0.15, -0.1) is 0 Å². The average molecular weight is 187 g/mol. The molecule has 0 radical (unpaired) electrons. The zero-order chi connectivity index (χ0) is 9.19. The van der Waals surface area contributed by atoms with Gasteiger partial charge in [-0.05, 0) is 13.8 Å². The summed E-state index contributed by atoms with van der Waals surface area (Å²) in [6, 6.07) is 0. The van der Waals surface area contributed by atoms with Gasteiger partial charge in [0.15, 0.2) is 0 Å². The van der Waals surface area contributed by atoms with Crippen LogP contribution in [0.1, 0.15) is 13.8 Å². The summed E-state index contributed by atoms with van der Waals surface area (Å²) in [5.41, 5.74) is -0.230. The molecule has 4 heteroatoms. The molecule has 0 bridgehead atoms. The van der Waals surface area contributed by atoms with Crippen LogP contribution < -0.4 is 0 Å². The number of ether oxygens (including phenoxy) is 1. The monoisotopic (exact) mass is 187 g/mol. The van der Waals surface area contributed by atoms with Crippen molar-refractivity contribution in [1.29, 1.82) is 0 Å². The van der Waals surface area contributed by atoms with E-state index >= 15 is 0 Å². The largest absolute Gasteiger partial charge is 0.372 e. The molecule has 0 aromatic rings. The lowest BCUT2D eigenvalue weighted by Crippen LogP contribution is -2.50. The number of carbonyl (C=O) groups is 1. The zero-order valence-electron chi connectivity index (χ0n) is 7.37. The van der Waals surface area contributed by atoms with Gasteiger partial charge in [0.05, 0.1) is 17.6 Å². The molecule has 12 heavy (non-hydrogen) atoms. The van der Waals surface area contributed by atoms with Gasteiger partial charge in [0.25, 0.3) is 5.91 Å². The Bertz CT molecular complexity index is 203. The number of morpholine rings is 1. The lowest BCUT2D eigenvalue weighted by molar-refractivity contribution is -0.138. The number of rotatable bonds is 1. The standard InChI is InChI=1S/C8H13NO2S/c1-8(2)6-9(3-4-11-8)7(10)5-12/h5H,3-4,6H2,1-2H3. The van der Waals surface area contributed by atoms with Gasteiger partial charge < -0.3 is 9.64 Å². The molecule has 1 fully saturated rings. The molecule has 0 unspecified atom stereocenters. The molecule has 0 spiro atoms. The lowest BCUT2D eigenvalue weighted by Gasteiger charge is -2.37. The van der Waals surface area contributed by atoms with Crippen molar-refractivity contribution in [2.45, 2.75) is 19.4 Å². The number of hydrogen-bond donors (Lipinski definition) is 0. The molecule has 1 amide bonds. The van der Waals surface area contributed by atoms with Gasteiger partial charge in [0, 0.05) is 13.1 Å². The molecular formula is C8H13NO2S. The van der Waals surface area contributed by atoms with Gasteiger partial charge in [-0.1, -0.05) is 12.2 Å². The normalized spacial score (nSPS) is 22.0. The molecule has 3 nitrogen and oxygen atoms in total. The van der Waals surface area contributed by atoms with Gasteiger partial charge in [-0.2, -0.15) is 0 Å². The van der Waals surface area contributed by atoms with E-state index in [2.05, 4.69) is 12.2 Å². The quantitative estimate of drug-likeness (QED) is 0.564. The van der Waals surface area contributed by atoms with Crippen molar-refractivity contribution in [3.63, 3.8) is 0 Å². The highest BCUT2D eigenvalue weighted by molar-refractivity contribution is 7.80. The molecule has 0 aromatic heterocycles. The Morgan fingerprint density at radius 2 is 2.33 bits per heavy atom. The van der Waals surface area contributed by atoms with Crippen LogP contribution >= 0.6 is 12.2 Å². The van der Waals surface area contributed by atoms with Gasteiger partial charge in [-0.3, -0.25) is 4.79 Å². The summed E-state index contributed by atoms with van der Waals surface area (Å²) in [5, 5.41) is 1.18. The Balaban J connectivity index is 2.57. The van der Waals surface area contributed by atoms with Crippen molar-refractivity contribution in [1.82, 2.24) is 4.90 Å². The second kappa shape index (κ2) is 3.49. The molecule has 0 saturated carbocycles. The van der Waals surface area contributed by atoms with Crippen molar-refractivity contribution in [2.75, 3.05) is 19.7 Å². The number of nitrogens with zero attached hydrogens (tertiary/aromatic N) is 1. The minimum Gasteiger partial charge on any atom is -0.372 e. The highest BCUT2D eigenvalue weighted by atomic mass is 32.1. The molecule has 1 rings (SSSR count). The third kappa shape index (κ3) is 2.25. The van der Waals surface area contributed by atoms with Crippen LogP contribution in [0.5, 0.6) is 0 Å². The van der Waals surface area contributed by atoms with E-state index in [1.54, 1.807) is 4.90 Å². The number of hydrogen-bond acceptors (Lipinski definition) is 3. The second-order valence-electron chi connectivity index (χ2n) is 3.49. The predicted molar refractivity (Wildman–Crippen MR) is 50.3 cm³/mol. The molecule has 0 aliphatic carbocycles. The molecule has 1 heterocycles. The van der Waals surface area contributed by atoms with Crippen LogP contribution in [0.15, 0.2) is 0 Å². The highest BCUT2D eigenvalue weighted by Gasteiger charge is 2.28. The average Bonchev–Trinajstić information content (AvgIpc) is 2.01. The van der Waals surface area contributed by atoms with Gasteiger partial charge in [-0.25, -0.2) is 0 Å². The summed E-state index contributed by atoms with van der Waals surface area (Å²) in [6.45, 7) is 5.81. The van der Waals surface area contributed by atoms with Crippen molar-refractivity contribution in [3.05, 3.63) is 0 Å². The molecule has 68 valence electrons. The first kappa shape index (κ1) is 9.61. The fraction of sp³-hybridized carbons (Fsp3) is 0.750. The first-order valence-corrected chi connectivity index (χ1v) is 4.40. The second-order valence-corrected chi connectivity index (χ2v) is 3.72. The van der Waals surface area contributed by atoms with Crippen LogP contribution in [0.2, 0.25) is 0 Å². The Hall–Kier alpha value is -0.480. The van der Waals surface area contributed by atoms with Crippen molar-refractivity contribution in [2.24, 2.45) is 0 Å². The van der Waals surface area contributed by atoms with Crippen molar-refractivity contribution in [3.8, 4) is 0 Å². The first-order valence-electron chi connectivity index (χ1n) is 3.93. The minimum absolute atomic E-state index is 0.0821. The fourth-order valence-corrected chi connectivity index (χ4v) is 1.43. The Morgan fingerprint density at radius 1 is 1.67 bits per heavy atom. The summed E-state index contributed by atoms with van der Waals surface area (Å²) >= 11 is 4.57. The van der Waals surface area contributed by atoms with E-state index < -0.39 is 0 Å². The summed E-state index contributed by atoms with van der Waals surface area (Å²) in [4.78, 5) is 12.9. The summed E-state index contributed by atoms with van der Waals surface area (Å²) in [5.74, 6) is -0.0821. The van der Waals surface area contributed by atoms with Crippen LogP contribution in [0.25, 0.3) is 0 Å². The summed E-state index contributed by atoms with van der Waals surface area (Å²) in [7, 11) is 0. The van der Waals surface area contributed by atoms with Crippen LogP contribution in [-0.4, -0.2) is 41.5 Å². The van der Waals surface area contributed by atoms with Crippen LogP contribution in [-0.2, 0) is 9.53 Å². The fourth-order valence-electron chi connectivity index (χ4n) is 1.28. The van der Waals surface area contributed by atoms with Crippen LogP contribution in [0.4, 0.5) is 0 Å². The Labute approximate surface area is 77.7 Å². The van der Waals surface area contributed by atoms with Gasteiger partial charge in [0.1, 0.15) is 0 Å². The Morgan fingerprint density at radius 3 is 2.83 bits per heavy atom. The SMILES string of the molecule is CC1(C)CN(C(=O)C=S)CCO1. The number of thiocarbonyl (C=S) groups is 1. The third-order valence-corrected chi connectivity index (χ3v) is 2.04. The molecule has 0 atom stereocenters. The predicted octanol–water partition coefficient (Wildman–Crippen LogP) is 0.624. The number of amides is 1. The third-order valence-electron chi connectivity index (χ3n) is 1.84. The van der Waals surface area contributed by atoms with E-state index in [0.29, 0.717) is 19.7 Å². The van der Waals surface area contributed by atoms with Crippen LogP contribution in [0, 0.1) is 0 Å². The van der Waals surface area contributed by atoms with Gasteiger partial charge >= 0.3 is 0 Å². The molecule has 0 aromatic carbocycles. The molecule has 1 aliphatic heterocycles. The minimum atomic E-state index is -0.230. The van der Waals surface area contributed by atoms with E-state index in [-0.39, 0.29) is 11.5 Å². The maximum atomic E-state index is 11.2. The van der Waals surface area contributed by atoms with Crippen LogP contribution in [0.3, 0.4) is 0 Å². The van der Waals surface area contributed by atoms with E-state index in [0.717, 1.165) is 0 Å². The maximum Gasteiger partial charge on any atom is 0.257 e. The summed E-state index contributed by atoms with van der Waals surface area (Å²) in [6.07, 6.45) is 0. The number of carbonyl (C=O) groups excluding carboxylic acids is 1.